The van der Waals surface area contributed by atoms with Crippen LogP contribution in [0.5, 0.6) is 0 Å². The van der Waals surface area contributed by atoms with E-state index in [2.05, 4.69) is 0 Å². The molecule has 2 fully saturated rings. The van der Waals surface area contributed by atoms with E-state index in [1.165, 1.54) is 23.1 Å². The summed E-state index contributed by atoms with van der Waals surface area (Å²) in [4.78, 5) is 27.9. The number of ether oxygens (including phenoxy) is 1. The zero-order valence-electron chi connectivity index (χ0n) is 15.7. The lowest BCUT2D eigenvalue weighted by atomic mass is 9.95. The van der Waals surface area contributed by atoms with Crippen LogP contribution in [-0.4, -0.2) is 54.1 Å². The number of nitrogens with two attached hydrogens (primary N) is 1. The average molecular weight is 398 g/mol. The van der Waals surface area contributed by atoms with Crippen LogP contribution < -0.4 is 10.6 Å². The largest absolute Gasteiger partial charge is 0.460 e. The summed E-state index contributed by atoms with van der Waals surface area (Å²) in [5, 5.41) is 0.331. The van der Waals surface area contributed by atoms with Crippen molar-refractivity contribution >= 4 is 29.2 Å². The number of cyclic esters (lactones) is 1. The number of amides is 1. The number of benzene rings is 1. The third kappa shape index (κ3) is 4.10. The van der Waals surface area contributed by atoms with Crippen molar-refractivity contribution in [2.45, 2.75) is 44.9 Å². The third-order valence-electron chi connectivity index (χ3n) is 5.39. The van der Waals surface area contributed by atoms with Crippen molar-refractivity contribution < 1.29 is 18.7 Å². The van der Waals surface area contributed by atoms with Gasteiger partial charge in [-0.1, -0.05) is 18.5 Å². The molecule has 2 N–H and O–H groups in total. The van der Waals surface area contributed by atoms with Crippen LogP contribution in [0.25, 0.3) is 0 Å². The lowest BCUT2D eigenvalue weighted by molar-refractivity contribution is -0.145. The van der Waals surface area contributed by atoms with Crippen LogP contribution in [0.15, 0.2) is 18.2 Å². The Morgan fingerprint density at radius 1 is 1.41 bits per heavy atom. The molecule has 0 saturated carbocycles. The number of halogens is 2. The Labute approximate surface area is 163 Å². The van der Waals surface area contributed by atoms with Gasteiger partial charge in [-0.15, -0.1) is 0 Å². The van der Waals surface area contributed by atoms with Gasteiger partial charge in [0.1, 0.15) is 11.9 Å². The second kappa shape index (κ2) is 7.37. The van der Waals surface area contributed by atoms with Crippen LogP contribution in [0, 0.1) is 11.7 Å². The summed E-state index contributed by atoms with van der Waals surface area (Å²) in [6.07, 6.45) is 0.252. The van der Waals surface area contributed by atoms with Crippen LogP contribution in [0.4, 0.5) is 10.1 Å². The van der Waals surface area contributed by atoms with Gasteiger partial charge in [-0.3, -0.25) is 14.5 Å². The molecule has 2 aliphatic heterocycles. The standard InChI is InChI=1S/C19H25ClFN3O3/c1-11-6-16(27-18(11)26)14(22)8-23-9-17(25)24(10-19(23,2)3)15-7-12(21)4-5-13(15)20/h4-5,7,11,14,16H,6,8-10,22H2,1-3H3/t11-,14+,16+/m1/s1. The summed E-state index contributed by atoms with van der Waals surface area (Å²) in [6, 6.07) is 3.61. The maximum atomic E-state index is 13.6. The first-order valence-electron chi connectivity index (χ1n) is 9.05. The van der Waals surface area contributed by atoms with Gasteiger partial charge in [0, 0.05) is 18.6 Å². The van der Waals surface area contributed by atoms with E-state index < -0.39 is 11.4 Å². The Balaban J connectivity index is 1.73. The smallest absolute Gasteiger partial charge is 0.309 e. The quantitative estimate of drug-likeness (QED) is 0.788. The normalized spacial score (nSPS) is 27.0. The average Bonchev–Trinajstić information content (AvgIpc) is 2.92. The van der Waals surface area contributed by atoms with Crippen molar-refractivity contribution in [2.24, 2.45) is 11.7 Å². The zero-order valence-corrected chi connectivity index (χ0v) is 16.5. The van der Waals surface area contributed by atoms with Crippen molar-refractivity contribution in [1.29, 1.82) is 0 Å². The number of hydrogen-bond donors (Lipinski definition) is 1. The molecule has 0 radical (unpaired) electrons. The molecular formula is C19H25ClFN3O3. The minimum atomic E-state index is -0.443. The van der Waals surface area contributed by atoms with Gasteiger partial charge in [0.05, 0.1) is 29.2 Å². The molecule has 2 saturated heterocycles. The predicted molar refractivity (Wildman–Crippen MR) is 101 cm³/mol. The fraction of sp³-hybridized carbons (Fsp3) is 0.579. The van der Waals surface area contributed by atoms with E-state index in [1.54, 1.807) is 0 Å². The highest BCUT2D eigenvalue weighted by Crippen LogP contribution is 2.32. The van der Waals surface area contributed by atoms with Crippen molar-refractivity contribution in [3.05, 3.63) is 29.0 Å². The molecule has 8 heteroatoms. The molecule has 0 unspecified atom stereocenters. The molecule has 27 heavy (non-hydrogen) atoms. The van der Waals surface area contributed by atoms with Crippen molar-refractivity contribution in [3.63, 3.8) is 0 Å². The number of nitrogens with zero attached hydrogens (tertiary/aromatic N) is 2. The summed E-state index contributed by atoms with van der Waals surface area (Å²) in [6.45, 7) is 6.72. The zero-order chi connectivity index (χ0) is 19.9. The molecule has 3 atom stereocenters. The van der Waals surface area contributed by atoms with Gasteiger partial charge in [-0.25, -0.2) is 4.39 Å². The molecule has 6 nitrogen and oxygen atoms in total. The highest BCUT2D eigenvalue weighted by molar-refractivity contribution is 6.33. The van der Waals surface area contributed by atoms with Gasteiger partial charge >= 0.3 is 5.97 Å². The monoisotopic (exact) mass is 397 g/mol. The Morgan fingerprint density at radius 2 is 2.11 bits per heavy atom. The van der Waals surface area contributed by atoms with Gasteiger partial charge in [-0.05, 0) is 38.5 Å². The van der Waals surface area contributed by atoms with E-state index >= 15 is 0 Å². The molecule has 1 aromatic rings. The molecular weight excluding hydrogens is 373 g/mol. The maximum Gasteiger partial charge on any atom is 0.309 e. The first-order valence-corrected chi connectivity index (χ1v) is 9.43. The summed E-state index contributed by atoms with van der Waals surface area (Å²) < 4.78 is 19.0. The first-order chi connectivity index (χ1) is 12.6. The number of carbonyl (C=O) groups excluding carboxylic acids is 2. The summed E-state index contributed by atoms with van der Waals surface area (Å²) in [5.74, 6) is -0.994. The molecule has 2 heterocycles. The second-order valence-electron chi connectivity index (χ2n) is 8.04. The summed E-state index contributed by atoms with van der Waals surface area (Å²) in [5.41, 5.74) is 6.24. The molecule has 148 valence electrons. The van der Waals surface area contributed by atoms with Crippen molar-refractivity contribution in [1.82, 2.24) is 4.90 Å². The Bertz CT molecular complexity index is 758. The fourth-order valence-electron chi connectivity index (χ4n) is 3.65. The Kier molecular flexibility index (Phi) is 5.47. The second-order valence-corrected chi connectivity index (χ2v) is 8.45. The van der Waals surface area contributed by atoms with Crippen LogP contribution in [0.1, 0.15) is 27.2 Å². The SMILES string of the molecule is C[C@@H]1C[C@@H]([C@@H](N)CN2CC(=O)N(c3cc(F)ccc3Cl)CC2(C)C)OC1=O. The molecule has 1 aromatic carbocycles. The summed E-state index contributed by atoms with van der Waals surface area (Å²) >= 11 is 6.18. The van der Waals surface area contributed by atoms with E-state index in [0.717, 1.165) is 0 Å². The van der Waals surface area contributed by atoms with Crippen LogP contribution in [0.3, 0.4) is 0 Å². The van der Waals surface area contributed by atoms with Crippen LogP contribution in [-0.2, 0) is 14.3 Å². The molecule has 0 aromatic heterocycles. The number of carbonyl (C=O) groups is 2. The van der Waals surface area contributed by atoms with Crippen LogP contribution >= 0.6 is 11.6 Å². The highest BCUT2D eigenvalue weighted by Gasteiger charge is 2.42. The van der Waals surface area contributed by atoms with E-state index in [-0.39, 0.29) is 36.5 Å². The first kappa shape index (κ1) is 20.0. The maximum absolute atomic E-state index is 13.6. The lowest BCUT2D eigenvalue weighted by Crippen LogP contribution is -2.64. The van der Waals surface area contributed by atoms with E-state index in [1.807, 2.05) is 25.7 Å². The van der Waals surface area contributed by atoms with Crippen LogP contribution in [0.2, 0.25) is 5.02 Å². The van der Waals surface area contributed by atoms with E-state index in [4.69, 9.17) is 22.1 Å². The van der Waals surface area contributed by atoms with Crippen molar-refractivity contribution in [3.8, 4) is 0 Å². The van der Waals surface area contributed by atoms with Gasteiger partial charge in [0.2, 0.25) is 5.91 Å². The molecule has 1 amide bonds. The van der Waals surface area contributed by atoms with Gasteiger partial charge in [0.25, 0.3) is 0 Å². The number of rotatable bonds is 4. The topological polar surface area (TPSA) is 75.9 Å². The lowest BCUT2D eigenvalue weighted by Gasteiger charge is -2.47. The minimum Gasteiger partial charge on any atom is -0.460 e. The van der Waals surface area contributed by atoms with Gasteiger partial charge in [0.15, 0.2) is 0 Å². The molecule has 3 rings (SSSR count). The van der Waals surface area contributed by atoms with E-state index in [0.29, 0.717) is 30.2 Å². The third-order valence-corrected chi connectivity index (χ3v) is 5.71. The summed E-state index contributed by atoms with van der Waals surface area (Å²) in [7, 11) is 0. The minimum absolute atomic E-state index is 0.129. The number of hydrogen-bond acceptors (Lipinski definition) is 5. The predicted octanol–water partition coefficient (Wildman–Crippen LogP) is 2.19. The Hall–Kier alpha value is -1.70. The van der Waals surface area contributed by atoms with Gasteiger partial charge < -0.3 is 15.4 Å². The highest BCUT2D eigenvalue weighted by atomic mass is 35.5. The molecule has 0 spiro atoms. The fourth-order valence-corrected chi connectivity index (χ4v) is 3.87. The van der Waals surface area contributed by atoms with E-state index in [9.17, 15) is 14.0 Å². The Morgan fingerprint density at radius 3 is 2.74 bits per heavy atom. The number of piperazine rings is 1. The molecule has 2 aliphatic rings. The van der Waals surface area contributed by atoms with Crippen molar-refractivity contribution in [2.75, 3.05) is 24.5 Å². The molecule has 0 aliphatic carbocycles. The number of esters is 1. The molecule has 0 bridgehead atoms. The number of anilines is 1. The van der Waals surface area contributed by atoms with Gasteiger partial charge in [-0.2, -0.15) is 0 Å².